The summed E-state index contributed by atoms with van der Waals surface area (Å²) in [5.41, 5.74) is 0.530. The quantitative estimate of drug-likeness (QED) is 0.723. The number of benzene rings is 1. The summed E-state index contributed by atoms with van der Waals surface area (Å²) in [5, 5.41) is 5.28. The first-order valence-electron chi connectivity index (χ1n) is 8.87. The van der Waals surface area contributed by atoms with Gasteiger partial charge in [-0.05, 0) is 32.1 Å². The van der Waals surface area contributed by atoms with Crippen LogP contribution in [0.3, 0.4) is 0 Å². The van der Waals surface area contributed by atoms with Gasteiger partial charge in [-0.15, -0.1) is 11.3 Å². The third kappa shape index (κ3) is 6.04. The molecule has 148 valence electrons. The Bertz CT molecular complexity index is 739. The zero-order valence-electron chi connectivity index (χ0n) is 15.6. The van der Waals surface area contributed by atoms with Crippen molar-refractivity contribution >= 4 is 17.2 Å². The number of hydrogen-bond donors (Lipinski definition) is 1. The standard InChI is InChI=1S/C19H24F3N3OS/c1-4-25(5-2)13(3)11-23-17(26)10-16-12-27-18(24-16)14-6-8-15(9-7-14)19(20,21)22/h6-9,12-13H,4-5,10-11H2,1-3H3,(H,23,26). The number of carbonyl (C=O) groups excluding carboxylic acids is 1. The Morgan fingerprint density at radius 3 is 2.41 bits per heavy atom. The van der Waals surface area contributed by atoms with E-state index < -0.39 is 11.7 Å². The van der Waals surface area contributed by atoms with Gasteiger partial charge in [-0.25, -0.2) is 4.98 Å². The molecule has 2 aromatic rings. The van der Waals surface area contributed by atoms with Crippen LogP contribution in [-0.2, 0) is 17.4 Å². The highest BCUT2D eigenvalue weighted by molar-refractivity contribution is 7.13. The summed E-state index contributed by atoms with van der Waals surface area (Å²) < 4.78 is 37.9. The van der Waals surface area contributed by atoms with Crippen LogP contribution < -0.4 is 5.32 Å². The van der Waals surface area contributed by atoms with Gasteiger partial charge in [-0.1, -0.05) is 26.0 Å². The fourth-order valence-electron chi connectivity index (χ4n) is 2.79. The molecule has 0 radical (unpaired) electrons. The first kappa shape index (κ1) is 21.4. The van der Waals surface area contributed by atoms with E-state index in [1.54, 1.807) is 5.38 Å². The van der Waals surface area contributed by atoms with Gasteiger partial charge in [0.1, 0.15) is 5.01 Å². The molecular formula is C19H24F3N3OS. The van der Waals surface area contributed by atoms with Crippen LogP contribution in [0.25, 0.3) is 10.6 Å². The number of halogens is 3. The monoisotopic (exact) mass is 399 g/mol. The van der Waals surface area contributed by atoms with Crippen LogP contribution in [0.15, 0.2) is 29.6 Å². The Morgan fingerprint density at radius 2 is 1.85 bits per heavy atom. The Hall–Kier alpha value is -1.93. The van der Waals surface area contributed by atoms with Crippen molar-refractivity contribution in [2.45, 2.75) is 39.4 Å². The minimum absolute atomic E-state index is 0.113. The van der Waals surface area contributed by atoms with Crippen LogP contribution in [0.1, 0.15) is 32.0 Å². The molecule has 2 rings (SSSR count). The van der Waals surface area contributed by atoms with Gasteiger partial charge >= 0.3 is 6.18 Å². The van der Waals surface area contributed by atoms with Crippen molar-refractivity contribution in [2.75, 3.05) is 19.6 Å². The Kier molecular flexibility index (Phi) is 7.38. The second-order valence-corrected chi connectivity index (χ2v) is 7.13. The molecule has 0 spiro atoms. The van der Waals surface area contributed by atoms with E-state index in [0.717, 1.165) is 25.2 Å². The summed E-state index contributed by atoms with van der Waals surface area (Å²) in [6, 6.07) is 5.13. The summed E-state index contributed by atoms with van der Waals surface area (Å²) >= 11 is 1.31. The van der Waals surface area contributed by atoms with E-state index >= 15 is 0 Å². The molecule has 0 bridgehead atoms. The summed E-state index contributed by atoms with van der Waals surface area (Å²) in [6.45, 7) is 8.65. The van der Waals surface area contributed by atoms with Crippen molar-refractivity contribution in [3.63, 3.8) is 0 Å². The molecule has 0 fully saturated rings. The summed E-state index contributed by atoms with van der Waals surface area (Å²) in [5.74, 6) is -0.113. The van der Waals surface area contributed by atoms with E-state index in [9.17, 15) is 18.0 Å². The SMILES string of the molecule is CCN(CC)C(C)CNC(=O)Cc1csc(-c2ccc(C(F)(F)F)cc2)n1. The van der Waals surface area contributed by atoms with Gasteiger partial charge in [0.05, 0.1) is 17.7 Å². The van der Waals surface area contributed by atoms with E-state index in [0.29, 0.717) is 22.8 Å². The van der Waals surface area contributed by atoms with Crippen molar-refractivity contribution in [3.8, 4) is 10.6 Å². The van der Waals surface area contributed by atoms with Crippen LogP contribution in [0.2, 0.25) is 0 Å². The molecule has 4 nitrogen and oxygen atoms in total. The van der Waals surface area contributed by atoms with Crippen LogP contribution in [0.4, 0.5) is 13.2 Å². The third-order valence-corrected chi connectivity index (χ3v) is 5.32. The Morgan fingerprint density at radius 1 is 1.22 bits per heavy atom. The van der Waals surface area contributed by atoms with Crippen LogP contribution in [-0.4, -0.2) is 41.5 Å². The molecule has 0 aliphatic rings. The minimum Gasteiger partial charge on any atom is -0.354 e. The normalized spacial score (nSPS) is 13.0. The summed E-state index contributed by atoms with van der Waals surface area (Å²) in [4.78, 5) is 18.8. The van der Waals surface area contributed by atoms with Crippen molar-refractivity contribution in [2.24, 2.45) is 0 Å². The van der Waals surface area contributed by atoms with Crippen molar-refractivity contribution in [3.05, 3.63) is 40.9 Å². The summed E-state index contributed by atoms with van der Waals surface area (Å²) in [6.07, 6.45) is -4.20. The third-order valence-electron chi connectivity index (χ3n) is 4.38. The summed E-state index contributed by atoms with van der Waals surface area (Å²) in [7, 11) is 0. The first-order chi connectivity index (χ1) is 12.7. The average molecular weight is 399 g/mol. The molecule has 0 saturated carbocycles. The molecule has 0 aliphatic heterocycles. The number of thiazole rings is 1. The number of amides is 1. The van der Waals surface area contributed by atoms with E-state index in [1.807, 2.05) is 0 Å². The van der Waals surface area contributed by atoms with Crippen molar-refractivity contribution in [1.82, 2.24) is 15.2 Å². The van der Waals surface area contributed by atoms with E-state index in [1.165, 1.54) is 23.5 Å². The van der Waals surface area contributed by atoms with Gasteiger partial charge in [0.25, 0.3) is 0 Å². The molecule has 1 heterocycles. The maximum atomic E-state index is 12.6. The molecule has 0 saturated heterocycles. The average Bonchev–Trinajstić information content (AvgIpc) is 3.09. The molecule has 0 aliphatic carbocycles. The number of rotatable bonds is 8. The zero-order valence-corrected chi connectivity index (χ0v) is 16.5. The smallest absolute Gasteiger partial charge is 0.354 e. The number of likely N-dealkylation sites (N-methyl/N-ethyl adjacent to an activating group) is 1. The van der Waals surface area contributed by atoms with Crippen LogP contribution >= 0.6 is 11.3 Å². The Balaban J connectivity index is 1.93. The number of aromatic nitrogens is 1. The minimum atomic E-state index is -4.35. The lowest BCUT2D eigenvalue weighted by Gasteiger charge is -2.26. The molecule has 1 N–H and O–H groups in total. The highest BCUT2D eigenvalue weighted by Crippen LogP contribution is 2.31. The van der Waals surface area contributed by atoms with Crippen molar-refractivity contribution < 1.29 is 18.0 Å². The topological polar surface area (TPSA) is 45.2 Å². The van der Waals surface area contributed by atoms with Crippen molar-refractivity contribution in [1.29, 1.82) is 0 Å². The Labute approximate surface area is 161 Å². The fourth-order valence-corrected chi connectivity index (χ4v) is 3.61. The highest BCUT2D eigenvalue weighted by atomic mass is 32.1. The van der Waals surface area contributed by atoms with Gasteiger partial charge in [-0.2, -0.15) is 13.2 Å². The number of nitrogens with zero attached hydrogens (tertiary/aromatic N) is 2. The first-order valence-corrected chi connectivity index (χ1v) is 9.75. The lowest BCUT2D eigenvalue weighted by Crippen LogP contribution is -2.42. The molecule has 27 heavy (non-hydrogen) atoms. The maximum Gasteiger partial charge on any atom is 0.416 e. The number of alkyl halides is 3. The largest absolute Gasteiger partial charge is 0.416 e. The fraction of sp³-hybridized carbons (Fsp3) is 0.474. The maximum absolute atomic E-state index is 12.6. The lowest BCUT2D eigenvalue weighted by molar-refractivity contribution is -0.137. The molecule has 1 atom stereocenters. The second-order valence-electron chi connectivity index (χ2n) is 6.27. The van der Waals surface area contributed by atoms with Gasteiger partial charge in [-0.3, -0.25) is 9.69 Å². The van der Waals surface area contributed by atoms with E-state index in [-0.39, 0.29) is 18.4 Å². The van der Waals surface area contributed by atoms with Gasteiger partial charge < -0.3 is 5.32 Å². The molecule has 1 unspecified atom stereocenters. The molecular weight excluding hydrogens is 375 g/mol. The lowest BCUT2D eigenvalue weighted by atomic mass is 10.1. The number of carbonyl (C=O) groups is 1. The highest BCUT2D eigenvalue weighted by Gasteiger charge is 2.30. The van der Waals surface area contributed by atoms with Gasteiger partial charge in [0.15, 0.2) is 0 Å². The molecule has 8 heteroatoms. The zero-order chi connectivity index (χ0) is 20.0. The van der Waals surface area contributed by atoms with E-state index in [4.69, 9.17) is 0 Å². The predicted octanol–water partition coefficient (Wildman–Crippen LogP) is 4.22. The molecule has 1 aromatic heterocycles. The number of nitrogens with one attached hydrogen (secondary N) is 1. The molecule has 1 aromatic carbocycles. The molecule has 1 amide bonds. The second kappa shape index (κ2) is 9.32. The predicted molar refractivity (Wildman–Crippen MR) is 102 cm³/mol. The number of hydrogen-bond acceptors (Lipinski definition) is 4. The van der Waals surface area contributed by atoms with Gasteiger partial charge in [0.2, 0.25) is 5.91 Å². The van der Waals surface area contributed by atoms with Crippen LogP contribution in [0, 0.1) is 0 Å². The van der Waals surface area contributed by atoms with E-state index in [2.05, 4.69) is 36.0 Å². The van der Waals surface area contributed by atoms with Gasteiger partial charge in [0, 0.05) is 23.5 Å². The van der Waals surface area contributed by atoms with Crippen LogP contribution in [0.5, 0.6) is 0 Å².